The summed E-state index contributed by atoms with van der Waals surface area (Å²) in [7, 11) is 0. The number of hydrogen-bond donors (Lipinski definition) is 3. The Hall–Kier alpha value is -1.26. The Morgan fingerprint density at radius 2 is 1.93 bits per heavy atom. The number of urea groups is 1. The van der Waals surface area contributed by atoms with Crippen LogP contribution in [0.4, 0.5) is 4.79 Å². The van der Waals surface area contributed by atoms with Crippen molar-refractivity contribution >= 4 is 12.0 Å². The zero-order valence-corrected chi connectivity index (χ0v) is 9.54. The van der Waals surface area contributed by atoms with Crippen LogP contribution in [0.25, 0.3) is 0 Å². The fourth-order valence-corrected chi connectivity index (χ4v) is 1.02. The van der Waals surface area contributed by atoms with Gasteiger partial charge in [0, 0.05) is 6.54 Å². The molecule has 1 unspecified atom stereocenters. The van der Waals surface area contributed by atoms with E-state index in [9.17, 15) is 9.59 Å². The minimum Gasteiger partial charge on any atom is -0.480 e. The number of rotatable bonds is 6. The van der Waals surface area contributed by atoms with Crippen molar-refractivity contribution in [2.75, 3.05) is 6.54 Å². The quantitative estimate of drug-likeness (QED) is 0.624. The van der Waals surface area contributed by atoms with Crippen molar-refractivity contribution in [2.24, 2.45) is 5.92 Å². The molecule has 0 aliphatic heterocycles. The van der Waals surface area contributed by atoms with Crippen molar-refractivity contribution in [2.45, 2.75) is 39.7 Å². The van der Waals surface area contributed by atoms with E-state index in [-0.39, 0.29) is 0 Å². The van der Waals surface area contributed by atoms with Gasteiger partial charge < -0.3 is 15.7 Å². The molecule has 3 N–H and O–H groups in total. The summed E-state index contributed by atoms with van der Waals surface area (Å²) in [6.45, 7) is 6.41. The van der Waals surface area contributed by atoms with E-state index in [0.717, 1.165) is 6.42 Å². The number of hydrogen-bond acceptors (Lipinski definition) is 2. The summed E-state index contributed by atoms with van der Waals surface area (Å²) in [6.07, 6.45) is 1.27. The van der Waals surface area contributed by atoms with Crippen LogP contribution in [0, 0.1) is 5.92 Å². The number of carboxylic acid groups (broad SMARTS) is 1. The van der Waals surface area contributed by atoms with Gasteiger partial charge in [0.15, 0.2) is 0 Å². The first-order valence-electron chi connectivity index (χ1n) is 5.24. The zero-order chi connectivity index (χ0) is 11.8. The Bertz CT molecular complexity index is 217. The summed E-state index contributed by atoms with van der Waals surface area (Å²) in [5.74, 6) is -0.483. The topological polar surface area (TPSA) is 78.4 Å². The molecule has 5 heteroatoms. The third-order valence-electron chi connectivity index (χ3n) is 2.02. The highest BCUT2D eigenvalue weighted by Crippen LogP contribution is 1.96. The van der Waals surface area contributed by atoms with Crippen LogP contribution in [0.15, 0.2) is 0 Å². The summed E-state index contributed by atoms with van der Waals surface area (Å²) in [4.78, 5) is 21.8. The van der Waals surface area contributed by atoms with Crippen LogP contribution in [-0.2, 0) is 4.79 Å². The van der Waals surface area contributed by atoms with E-state index in [2.05, 4.69) is 24.5 Å². The van der Waals surface area contributed by atoms with Gasteiger partial charge in [0.25, 0.3) is 0 Å². The average molecular weight is 216 g/mol. The van der Waals surface area contributed by atoms with Crippen LogP contribution in [0.5, 0.6) is 0 Å². The standard InChI is InChI=1S/C10H20N2O3/c1-4-8(9(13)14)12-10(15)11-6-5-7(2)3/h7-8H,4-6H2,1-3H3,(H,13,14)(H2,11,12,15). The van der Waals surface area contributed by atoms with Gasteiger partial charge in [-0.1, -0.05) is 20.8 Å². The number of carbonyl (C=O) groups is 2. The predicted octanol–water partition coefficient (Wildman–Crippen LogP) is 1.19. The molecule has 0 aliphatic carbocycles. The van der Waals surface area contributed by atoms with E-state index in [1.165, 1.54) is 0 Å². The predicted molar refractivity (Wildman–Crippen MR) is 57.7 cm³/mol. The van der Waals surface area contributed by atoms with Crippen molar-refractivity contribution < 1.29 is 14.7 Å². The monoisotopic (exact) mass is 216 g/mol. The van der Waals surface area contributed by atoms with E-state index in [1.54, 1.807) is 6.92 Å². The largest absolute Gasteiger partial charge is 0.480 e. The smallest absolute Gasteiger partial charge is 0.326 e. The molecule has 0 aromatic carbocycles. The second-order valence-electron chi connectivity index (χ2n) is 3.88. The van der Waals surface area contributed by atoms with Gasteiger partial charge in [-0.2, -0.15) is 0 Å². The maximum absolute atomic E-state index is 11.2. The minimum absolute atomic E-state index is 0.382. The molecule has 1 atom stereocenters. The highest BCUT2D eigenvalue weighted by atomic mass is 16.4. The number of aliphatic carboxylic acids is 1. The molecule has 0 heterocycles. The van der Waals surface area contributed by atoms with Crippen LogP contribution in [0.1, 0.15) is 33.6 Å². The summed E-state index contributed by atoms with van der Waals surface area (Å²) in [5, 5.41) is 13.7. The molecule has 0 rings (SSSR count). The Morgan fingerprint density at radius 3 is 2.33 bits per heavy atom. The Kier molecular flexibility index (Phi) is 6.49. The van der Waals surface area contributed by atoms with Gasteiger partial charge in [0.05, 0.1) is 0 Å². The fourth-order valence-electron chi connectivity index (χ4n) is 1.02. The summed E-state index contributed by atoms with van der Waals surface area (Å²) >= 11 is 0. The van der Waals surface area contributed by atoms with Crippen molar-refractivity contribution in [3.05, 3.63) is 0 Å². The molecule has 0 aromatic heterocycles. The first-order chi connectivity index (χ1) is 6.97. The molecule has 0 spiro atoms. The van der Waals surface area contributed by atoms with Crippen molar-refractivity contribution in [3.63, 3.8) is 0 Å². The van der Waals surface area contributed by atoms with Gasteiger partial charge in [-0.15, -0.1) is 0 Å². The maximum Gasteiger partial charge on any atom is 0.326 e. The van der Waals surface area contributed by atoms with Crippen molar-refractivity contribution in [3.8, 4) is 0 Å². The molecule has 2 amide bonds. The summed E-state index contributed by atoms with van der Waals surface area (Å²) in [5.41, 5.74) is 0. The molecule has 0 radical (unpaired) electrons. The SMILES string of the molecule is CCC(NC(=O)NCCC(C)C)C(=O)O. The third kappa shape index (κ3) is 6.76. The Labute approximate surface area is 90.2 Å². The number of amides is 2. The van der Waals surface area contributed by atoms with Crippen LogP contribution < -0.4 is 10.6 Å². The van der Waals surface area contributed by atoms with E-state index >= 15 is 0 Å². The van der Waals surface area contributed by atoms with E-state index < -0.39 is 18.0 Å². The van der Waals surface area contributed by atoms with Gasteiger partial charge in [-0.05, 0) is 18.8 Å². The lowest BCUT2D eigenvalue weighted by atomic mass is 10.1. The van der Waals surface area contributed by atoms with E-state index in [1.807, 2.05) is 0 Å². The lowest BCUT2D eigenvalue weighted by Gasteiger charge is -2.13. The fraction of sp³-hybridized carbons (Fsp3) is 0.800. The molecule has 0 saturated carbocycles. The number of carboxylic acids is 1. The summed E-state index contributed by atoms with van der Waals surface area (Å²) < 4.78 is 0. The normalized spacial score (nSPS) is 12.3. The van der Waals surface area contributed by atoms with Gasteiger partial charge in [-0.25, -0.2) is 9.59 Å². The van der Waals surface area contributed by atoms with Crippen LogP contribution >= 0.6 is 0 Å². The van der Waals surface area contributed by atoms with Crippen LogP contribution in [0.3, 0.4) is 0 Å². The molecule has 0 aromatic rings. The van der Waals surface area contributed by atoms with Crippen LogP contribution in [-0.4, -0.2) is 29.7 Å². The third-order valence-corrected chi connectivity index (χ3v) is 2.02. The molecule has 15 heavy (non-hydrogen) atoms. The Morgan fingerprint density at radius 1 is 1.33 bits per heavy atom. The van der Waals surface area contributed by atoms with Gasteiger partial charge in [0.1, 0.15) is 6.04 Å². The molecule has 0 fully saturated rings. The number of carbonyl (C=O) groups excluding carboxylic acids is 1. The highest BCUT2D eigenvalue weighted by Gasteiger charge is 2.16. The molecule has 88 valence electrons. The van der Waals surface area contributed by atoms with Crippen LogP contribution in [0.2, 0.25) is 0 Å². The maximum atomic E-state index is 11.2. The molecule has 0 aliphatic rings. The zero-order valence-electron chi connectivity index (χ0n) is 9.54. The molecular weight excluding hydrogens is 196 g/mol. The lowest BCUT2D eigenvalue weighted by Crippen LogP contribution is -2.46. The van der Waals surface area contributed by atoms with Crippen molar-refractivity contribution in [1.29, 1.82) is 0 Å². The molecule has 5 nitrogen and oxygen atoms in total. The first-order valence-corrected chi connectivity index (χ1v) is 5.24. The summed E-state index contributed by atoms with van der Waals surface area (Å²) in [6, 6.07) is -1.21. The molecule has 0 bridgehead atoms. The second kappa shape index (κ2) is 7.09. The minimum atomic E-state index is -1.00. The lowest BCUT2D eigenvalue weighted by molar-refractivity contribution is -0.139. The number of nitrogens with one attached hydrogen (secondary N) is 2. The second-order valence-corrected chi connectivity index (χ2v) is 3.88. The van der Waals surface area contributed by atoms with E-state index in [4.69, 9.17) is 5.11 Å². The van der Waals surface area contributed by atoms with Crippen molar-refractivity contribution in [1.82, 2.24) is 10.6 Å². The average Bonchev–Trinajstić information content (AvgIpc) is 2.13. The first kappa shape index (κ1) is 13.7. The van der Waals surface area contributed by atoms with Gasteiger partial charge in [-0.3, -0.25) is 0 Å². The van der Waals surface area contributed by atoms with E-state index in [0.29, 0.717) is 18.9 Å². The highest BCUT2D eigenvalue weighted by molar-refractivity contribution is 5.82. The molecule has 0 saturated heterocycles. The Balaban J connectivity index is 3.77. The van der Waals surface area contributed by atoms with Gasteiger partial charge >= 0.3 is 12.0 Å². The van der Waals surface area contributed by atoms with Gasteiger partial charge in [0.2, 0.25) is 0 Å². The molecular formula is C10H20N2O3.